The molecule has 3 heterocycles. The molecule has 176 valence electrons. The Labute approximate surface area is 200 Å². The summed E-state index contributed by atoms with van der Waals surface area (Å²) in [4.78, 5) is 19.0. The van der Waals surface area contributed by atoms with Crippen LogP contribution in [0, 0.1) is 0 Å². The largest absolute Gasteiger partial charge is 0.385 e. The summed E-state index contributed by atoms with van der Waals surface area (Å²) in [6, 6.07) is 11.4. The van der Waals surface area contributed by atoms with Gasteiger partial charge in [0.2, 0.25) is 0 Å². The summed E-state index contributed by atoms with van der Waals surface area (Å²) in [6.45, 7) is 0.826. The zero-order chi connectivity index (χ0) is 23.9. The number of anilines is 1. The monoisotopic (exact) mass is 497 g/mol. The van der Waals surface area contributed by atoms with Crippen molar-refractivity contribution in [3.8, 4) is 0 Å². The molecule has 11 heteroatoms. The molecule has 9 nitrogen and oxygen atoms in total. The minimum absolute atomic E-state index is 0.112. The number of fused-ring (bicyclic) bond motifs is 1. The fourth-order valence-corrected chi connectivity index (χ4v) is 6.18. The molecule has 1 amide bonds. The number of piperidine rings is 1. The summed E-state index contributed by atoms with van der Waals surface area (Å²) in [6.07, 6.45) is 4.30. The number of aryl methyl sites for hydroxylation is 1. The first-order valence-electron chi connectivity index (χ1n) is 10.7. The van der Waals surface area contributed by atoms with Crippen LogP contribution in [0.25, 0.3) is 10.2 Å². The van der Waals surface area contributed by atoms with Gasteiger partial charge in [-0.2, -0.15) is 5.10 Å². The standard InChI is InChI=1S/C23H23N5O4S2/c1-27-14-17(13-25-27)23(30)9-11-28(12-10-23)22(29)16-5-7-18(8-6-16)26-34(31,32)20-4-2-3-19-21(20)24-15-33-19/h2-8,13-15,26,30H,9-12H2,1H3. The average molecular weight is 498 g/mol. The van der Waals surface area contributed by atoms with E-state index in [1.54, 1.807) is 64.9 Å². The van der Waals surface area contributed by atoms with Crippen molar-refractivity contribution in [2.75, 3.05) is 17.8 Å². The van der Waals surface area contributed by atoms with Crippen LogP contribution in [-0.4, -0.2) is 52.2 Å². The quantitative estimate of drug-likeness (QED) is 0.438. The second-order valence-corrected chi connectivity index (χ2v) is 10.9. The van der Waals surface area contributed by atoms with E-state index in [1.165, 1.54) is 17.4 Å². The first-order chi connectivity index (χ1) is 16.2. The lowest BCUT2D eigenvalue weighted by molar-refractivity contribution is -0.0211. The predicted octanol–water partition coefficient (Wildman–Crippen LogP) is 2.95. The van der Waals surface area contributed by atoms with Crippen molar-refractivity contribution in [2.24, 2.45) is 7.05 Å². The van der Waals surface area contributed by atoms with Crippen LogP contribution in [-0.2, 0) is 22.7 Å². The van der Waals surface area contributed by atoms with Crippen molar-refractivity contribution < 1.29 is 18.3 Å². The number of hydrogen-bond donors (Lipinski definition) is 2. The van der Waals surface area contributed by atoms with Gasteiger partial charge < -0.3 is 10.0 Å². The number of nitrogens with one attached hydrogen (secondary N) is 1. The number of aromatic nitrogens is 3. The van der Waals surface area contributed by atoms with E-state index in [1.807, 2.05) is 6.07 Å². The molecule has 0 saturated carbocycles. The summed E-state index contributed by atoms with van der Waals surface area (Å²) in [7, 11) is -2.04. The van der Waals surface area contributed by atoms with Crippen molar-refractivity contribution in [2.45, 2.75) is 23.3 Å². The maximum Gasteiger partial charge on any atom is 0.264 e. The van der Waals surface area contributed by atoms with Crippen LogP contribution >= 0.6 is 11.3 Å². The second kappa shape index (κ2) is 8.49. The molecule has 1 aliphatic heterocycles. The van der Waals surface area contributed by atoms with Crippen LogP contribution < -0.4 is 4.72 Å². The van der Waals surface area contributed by atoms with E-state index in [-0.39, 0.29) is 10.8 Å². The Morgan fingerprint density at radius 2 is 1.88 bits per heavy atom. The van der Waals surface area contributed by atoms with Crippen LogP contribution in [0.15, 0.2) is 65.3 Å². The van der Waals surface area contributed by atoms with E-state index in [9.17, 15) is 18.3 Å². The second-order valence-electron chi connectivity index (χ2n) is 8.36. The maximum atomic E-state index is 13.0. The molecule has 0 atom stereocenters. The van der Waals surface area contributed by atoms with Gasteiger partial charge in [0.1, 0.15) is 10.4 Å². The number of aliphatic hydroxyl groups is 1. The van der Waals surface area contributed by atoms with Crippen molar-refractivity contribution in [1.82, 2.24) is 19.7 Å². The number of benzene rings is 2. The summed E-state index contributed by atoms with van der Waals surface area (Å²) in [5, 5.41) is 15.1. The number of rotatable bonds is 5. The summed E-state index contributed by atoms with van der Waals surface area (Å²) < 4.78 is 30.8. The maximum absolute atomic E-state index is 13.0. The molecule has 2 aromatic heterocycles. The first-order valence-corrected chi connectivity index (χ1v) is 13.1. The molecule has 34 heavy (non-hydrogen) atoms. The number of carbonyl (C=O) groups is 1. The number of nitrogens with zero attached hydrogens (tertiary/aromatic N) is 4. The zero-order valence-electron chi connectivity index (χ0n) is 18.4. The Hall–Kier alpha value is -3.28. The molecular formula is C23H23N5O4S2. The molecule has 1 aliphatic rings. The smallest absolute Gasteiger partial charge is 0.264 e. The zero-order valence-corrected chi connectivity index (χ0v) is 20.0. The molecule has 1 fully saturated rings. The van der Waals surface area contributed by atoms with Crippen LogP contribution in [0.4, 0.5) is 5.69 Å². The fourth-order valence-electron chi connectivity index (χ4n) is 4.18. The molecule has 0 radical (unpaired) electrons. The highest BCUT2D eigenvalue weighted by Gasteiger charge is 2.36. The topological polar surface area (TPSA) is 117 Å². The van der Waals surface area contributed by atoms with Crippen molar-refractivity contribution in [1.29, 1.82) is 0 Å². The highest BCUT2D eigenvalue weighted by Crippen LogP contribution is 2.33. The van der Waals surface area contributed by atoms with Gasteiger partial charge in [0.25, 0.3) is 15.9 Å². The Balaban J connectivity index is 1.26. The Morgan fingerprint density at radius 3 is 2.56 bits per heavy atom. The van der Waals surface area contributed by atoms with Gasteiger partial charge in [-0.05, 0) is 49.2 Å². The Bertz CT molecular complexity index is 1450. The lowest BCUT2D eigenvalue weighted by Crippen LogP contribution is -2.45. The van der Waals surface area contributed by atoms with Gasteiger partial charge in [-0.1, -0.05) is 6.07 Å². The summed E-state index contributed by atoms with van der Waals surface area (Å²) in [5.41, 5.74) is 2.62. The van der Waals surface area contributed by atoms with E-state index in [4.69, 9.17) is 0 Å². The molecule has 5 rings (SSSR count). The Kier molecular flexibility index (Phi) is 5.62. The number of likely N-dealkylation sites (tertiary alicyclic amines) is 1. The fraction of sp³-hybridized carbons (Fsp3) is 0.261. The van der Waals surface area contributed by atoms with Gasteiger partial charge in [0, 0.05) is 43.1 Å². The van der Waals surface area contributed by atoms with Crippen LogP contribution in [0.5, 0.6) is 0 Å². The average Bonchev–Trinajstić information content (AvgIpc) is 3.48. The molecule has 0 unspecified atom stereocenters. The van der Waals surface area contributed by atoms with Crippen molar-refractivity contribution in [3.05, 3.63) is 71.5 Å². The highest BCUT2D eigenvalue weighted by molar-refractivity contribution is 7.93. The highest BCUT2D eigenvalue weighted by atomic mass is 32.2. The van der Waals surface area contributed by atoms with Crippen LogP contribution in [0.1, 0.15) is 28.8 Å². The molecule has 0 bridgehead atoms. The molecule has 0 aliphatic carbocycles. The van der Waals surface area contributed by atoms with Gasteiger partial charge in [-0.3, -0.25) is 14.2 Å². The first kappa shape index (κ1) is 22.5. The van der Waals surface area contributed by atoms with E-state index < -0.39 is 15.6 Å². The lowest BCUT2D eigenvalue weighted by Gasteiger charge is -2.37. The third kappa shape index (κ3) is 4.17. The Morgan fingerprint density at radius 1 is 1.15 bits per heavy atom. The minimum Gasteiger partial charge on any atom is -0.385 e. The number of thiazole rings is 1. The third-order valence-corrected chi connectivity index (χ3v) is 8.32. The van der Waals surface area contributed by atoms with Gasteiger partial charge in [-0.15, -0.1) is 11.3 Å². The van der Waals surface area contributed by atoms with E-state index in [0.717, 1.165) is 10.3 Å². The lowest BCUT2D eigenvalue weighted by atomic mass is 9.86. The van der Waals surface area contributed by atoms with Gasteiger partial charge in [-0.25, -0.2) is 13.4 Å². The molecule has 1 saturated heterocycles. The molecule has 4 aromatic rings. The number of sulfonamides is 1. The van der Waals surface area contributed by atoms with E-state index in [0.29, 0.717) is 42.7 Å². The van der Waals surface area contributed by atoms with Crippen molar-refractivity contribution >= 4 is 43.2 Å². The van der Waals surface area contributed by atoms with Crippen LogP contribution in [0.2, 0.25) is 0 Å². The van der Waals surface area contributed by atoms with Crippen LogP contribution in [0.3, 0.4) is 0 Å². The van der Waals surface area contributed by atoms with Gasteiger partial charge >= 0.3 is 0 Å². The minimum atomic E-state index is -3.84. The SMILES string of the molecule is Cn1cc(C2(O)CCN(C(=O)c3ccc(NS(=O)(=O)c4cccc5scnc45)cc3)CC2)cn1. The molecule has 2 N–H and O–H groups in total. The third-order valence-electron chi connectivity index (χ3n) is 6.12. The normalized spacial score (nSPS) is 16.0. The number of amides is 1. The number of hydrogen-bond acceptors (Lipinski definition) is 7. The molecular weight excluding hydrogens is 474 g/mol. The summed E-state index contributed by atoms with van der Waals surface area (Å²) in [5.74, 6) is -0.158. The molecule has 2 aromatic carbocycles. The predicted molar refractivity (Wildman–Crippen MR) is 129 cm³/mol. The number of para-hydroxylation sites is 1. The van der Waals surface area contributed by atoms with Gasteiger partial charge in [0.05, 0.1) is 22.0 Å². The summed E-state index contributed by atoms with van der Waals surface area (Å²) >= 11 is 1.38. The van der Waals surface area contributed by atoms with E-state index in [2.05, 4.69) is 14.8 Å². The van der Waals surface area contributed by atoms with Gasteiger partial charge in [0.15, 0.2) is 0 Å². The molecule has 0 spiro atoms. The number of carbonyl (C=O) groups excluding carboxylic acids is 1. The van der Waals surface area contributed by atoms with Crippen molar-refractivity contribution in [3.63, 3.8) is 0 Å². The van der Waals surface area contributed by atoms with E-state index >= 15 is 0 Å².